The maximum Gasteiger partial charge on any atom is 0.335 e. The monoisotopic (exact) mass is 681 g/mol. The van der Waals surface area contributed by atoms with Gasteiger partial charge in [-0.2, -0.15) is 0 Å². The van der Waals surface area contributed by atoms with Crippen LogP contribution in [0.3, 0.4) is 0 Å². The number of carbonyl (C=O) groups is 1. The normalized spacial score (nSPS) is 25.5. The second-order valence-electron chi connectivity index (χ2n) is 12.8. The van der Waals surface area contributed by atoms with Crippen molar-refractivity contribution < 1.29 is 37.6 Å². The van der Waals surface area contributed by atoms with Crippen molar-refractivity contribution in [3.8, 4) is 17.2 Å². The van der Waals surface area contributed by atoms with Gasteiger partial charge in [0.2, 0.25) is 0 Å². The number of para-hydroxylation sites is 1. The Morgan fingerprint density at radius 1 is 1.15 bits per heavy atom. The van der Waals surface area contributed by atoms with E-state index in [-0.39, 0.29) is 37.2 Å². The number of ether oxygens (including phenoxy) is 4. The molecule has 8 rings (SSSR count). The Balaban J connectivity index is 1.05. The third-order valence-corrected chi connectivity index (χ3v) is 10.1. The predicted octanol–water partition coefficient (Wildman–Crippen LogP) is 5.71. The van der Waals surface area contributed by atoms with Gasteiger partial charge < -0.3 is 33.5 Å². The molecule has 2 saturated carbocycles. The van der Waals surface area contributed by atoms with E-state index >= 15 is 0 Å². The van der Waals surface area contributed by atoms with Crippen molar-refractivity contribution in [3.63, 3.8) is 0 Å². The zero-order chi connectivity index (χ0) is 33.4. The van der Waals surface area contributed by atoms with E-state index in [1.54, 1.807) is 24.4 Å². The van der Waals surface area contributed by atoms with Crippen molar-refractivity contribution in [2.45, 2.75) is 69.2 Å². The summed E-state index contributed by atoms with van der Waals surface area (Å²) < 4.78 is 52.7. The molecule has 48 heavy (non-hydrogen) atoms. The number of methoxy groups -OCH3 is 1. The number of hydrogen-bond acceptors (Lipinski definition) is 9. The summed E-state index contributed by atoms with van der Waals surface area (Å²) in [6.07, 6.45) is 2.20. The third-order valence-electron chi connectivity index (χ3n) is 9.87. The molecule has 252 valence electrons. The smallest absolute Gasteiger partial charge is 0.335 e. The Hall–Kier alpha value is -4.20. The number of aromatic nitrogens is 3. The van der Waals surface area contributed by atoms with Crippen molar-refractivity contribution in [1.82, 2.24) is 19.4 Å². The first-order valence-corrected chi connectivity index (χ1v) is 16.4. The molecule has 0 spiro atoms. The molecule has 4 aromatic rings. The highest BCUT2D eigenvalue weighted by Crippen LogP contribution is 2.51. The maximum absolute atomic E-state index is 13.5. The Bertz CT molecular complexity index is 1910. The van der Waals surface area contributed by atoms with Crippen molar-refractivity contribution in [3.05, 3.63) is 70.8 Å². The number of aromatic carboxylic acids is 1. The molecule has 4 aliphatic rings. The van der Waals surface area contributed by atoms with E-state index in [2.05, 4.69) is 20.9 Å². The van der Waals surface area contributed by atoms with E-state index in [4.69, 9.17) is 35.5 Å². The van der Waals surface area contributed by atoms with Crippen LogP contribution in [0, 0.1) is 0 Å². The average Bonchev–Trinajstić information content (AvgIpc) is 3.32. The molecule has 2 aliphatic heterocycles. The number of halogens is 3. The maximum atomic E-state index is 13.5. The summed E-state index contributed by atoms with van der Waals surface area (Å²) in [5.74, 6) is -2.62. The first-order chi connectivity index (χ1) is 23.0. The van der Waals surface area contributed by atoms with Crippen LogP contribution in [0.15, 0.2) is 48.7 Å². The Morgan fingerprint density at radius 2 is 1.96 bits per heavy atom. The molecular formula is C34H34ClF2N5O6. The van der Waals surface area contributed by atoms with Gasteiger partial charge in [-0.1, -0.05) is 17.7 Å². The fourth-order valence-electron chi connectivity index (χ4n) is 7.13. The highest BCUT2D eigenvalue weighted by molar-refractivity contribution is 6.30. The summed E-state index contributed by atoms with van der Waals surface area (Å²) in [6, 6.07) is 12.9. The molecule has 2 aromatic carbocycles. The van der Waals surface area contributed by atoms with Crippen LogP contribution >= 0.6 is 11.6 Å². The molecule has 1 unspecified atom stereocenters. The van der Waals surface area contributed by atoms with Crippen LogP contribution in [0.4, 0.5) is 14.5 Å². The number of hydrogen-bond donors (Lipinski definition) is 1. The fourth-order valence-corrected chi connectivity index (χ4v) is 7.24. The lowest BCUT2D eigenvalue weighted by molar-refractivity contribution is -0.0717. The van der Waals surface area contributed by atoms with Gasteiger partial charge in [-0.05, 0) is 49.2 Å². The number of benzene rings is 2. The number of anilines is 1. The van der Waals surface area contributed by atoms with Crippen LogP contribution in [0.1, 0.15) is 48.1 Å². The summed E-state index contributed by atoms with van der Waals surface area (Å²) in [6.45, 7) is 4.08. The lowest BCUT2D eigenvalue weighted by Gasteiger charge is -2.54. The molecule has 14 heteroatoms. The van der Waals surface area contributed by atoms with Crippen molar-refractivity contribution in [2.75, 3.05) is 31.7 Å². The van der Waals surface area contributed by atoms with E-state index in [1.807, 2.05) is 23.6 Å². The predicted molar refractivity (Wildman–Crippen MR) is 171 cm³/mol. The van der Waals surface area contributed by atoms with E-state index in [0.29, 0.717) is 51.4 Å². The lowest BCUT2D eigenvalue weighted by Crippen LogP contribution is -2.64. The zero-order valence-electron chi connectivity index (χ0n) is 26.4. The van der Waals surface area contributed by atoms with Crippen LogP contribution in [-0.4, -0.2) is 81.4 Å². The molecule has 4 atom stereocenters. The number of rotatable bonds is 10. The van der Waals surface area contributed by atoms with Crippen molar-refractivity contribution in [1.29, 1.82) is 0 Å². The highest BCUT2D eigenvalue weighted by atomic mass is 35.5. The van der Waals surface area contributed by atoms with Crippen molar-refractivity contribution in [2.24, 2.45) is 0 Å². The van der Waals surface area contributed by atoms with Crippen molar-refractivity contribution >= 4 is 34.3 Å². The standard InChI is InChI=1S/C34H34ClF2N5O6/c1-33(27-9-6-20(35)17-38-27)47-25-5-3-4-23(31(25)48-33)41-11-10-40(21-7-8-22(21)41)18-29-39-30-24(14-19(32(43)44)15-26(30)45-2)42(29)12-13-46-28-16-34(28,36)37/h3-6,9,14-15,17,21-22,28H,7-8,10-13,16,18H2,1-2H3,(H,43,44)/t21-,22+,28?,33-/m0/s1. The molecule has 0 amide bonds. The van der Waals surface area contributed by atoms with Crippen LogP contribution in [0.25, 0.3) is 11.0 Å². The number of imidazole rings is 1. The summed E-state index contributed by atoms with van der Waals surface area (Å²) >= 11 is 6.07. The molecule has 2 aliphatic carbocycles. The lowest BCUT2D eigenvalue weighted by atomic mass is 9.81. The van der Waals surface area contributed by atoms with Crippen LogP contribution in [0.2, 0.25) is 5.02 Å². The molecule has 0 bridgehead atoms. The molecule has 0 radical (unpaired) electrons. The van der Waals surface area contributed by atoms with Crippen LogP contribution in [0.5, 0.6) is 17.2 Å². The minimum atomic E-state index is -2.79. The van der Waals surface area contributed by atoms with Gasteiger partial charge in [-0.25, -0.2) is 18.6 Å². The first kappa shape index (κ1) is 31.1. The van der Waals surface area contributed by atoms with E-state index in [9.17, 15) is 18.7 Å². The Kier molecular flexibility index (Phi) is 7.42. The number of nitrogens with zero attached hydrogens (tertiary/aromatic N) is 5. The van der Waals surface area contributed by atoms with E-state index < -0.39 is 23.8 Å². The molecule has 1 saturated heterocycles. The number of pyridine rings is 1. The molecule has 11 nitrogen and oxygen atoms in total. The van der Waals surface area contributed by atoms with Crippen LogP contribution in [-0.2, 0) is 23.6 Å². The molecule has 4 heterocycles. The van der Waals surface area contributed by atoms with Gasteiger partial charge in [-0.3, -0.25) is 9.88 Å². The SMILES string of the molecule is COc1cc(C(=O)O)cc2c1nc(CN1CCN(c3cccc4c3O[C@@](C)(c3ccc(Cl)cn3)O4)[C@@H]3CC[C@@H]31)n2CCOC1CC1(F)F. The molecular weight excluding hydrogens is 648 g/mol. The summed E-state index contributed by atoms with van der Waals surface area (Å²) in [4.78, 5) is 26.1. The van der Waals surface area contributed by atoms with Gasteiger partial charge in [0.05, 0.1) is 42.1 Å². The fraction of sp³-hybridized carbons (Fsp3) is 0.441. The first-order valence-electron chi connectivity index (χ1n) is 16.0. The number of piperazine rings is 1. The van der Waals surface area contributed by atoms with Gasteiger partial charge in [0.1, 0.15) is 28.9 Å². The Labute approximate surface area is 279 Å². The largest absolute Gasteiger partial charge is 0.494 e. The summed E-state index contributed by atoms with van der Waals surface area (Å²) in [7, 11) is 1.47. The summed E-state index contributed by atoms with van der Waals surface area (Å²) in [5, 5.41) is 10.3. The quantitative estimate of drug-likeness (QED) is 0.223. The zero-order valence-corrected chi connectivity index (χ0v) is 27.1. The topological polar surface area (TPSA) is 111 Å². The van der Waals surface area contributed by atoms with Gasteiger partial charge in [-0.15, -0.1) is 0 Å². The number of carboxylic acids is 1. The van der Waals surface area contributed by atoms with E-state index in [1.165, 1.54) is 13.2 Å². The molecule has 3 fully saturated rings. The van der Waals surface area contributed by atoms with Gasteiger partial charge in [0.25, 0.3) is 11.7 Å². The van der Waals surface area contributed by atoms with Gasteiger partial charge >= 0.3 is 5.97 Å². The summed E-state index contributed by atoms with van der Waals surface area (Å²) in [5.41, 5.74) is 2.72. The third kappa shape index (κ3) is 5.28. The second-order valence-corrected chi connectivity index (χ2v) is 13.3. The van der Waals surface area contributed by atoms with Gasteiger partial charge in [0.15, 0.2) is 11.5 Å². The van der Waals surface area contributed by atoms with Crippen LogP contribution < -0.4 is 19.1 Å². The number of fused-ring (bicyclic) bond motifs is 3. The molecule has 2 aromatic heterocycles. The minimum Gasteiger partial charge on any atom is -0.494 e. The highest BCUT2D eigenvalue weighted by Gasteiger charge is 2.58. The average molecular weight is 682 g/mol. The number of alkyl halides is 2. The van der Waals surface area contributed by atoms with Gasteiger partial charge in [0, 0.05) is 51.3 Å². The molecule has 1 N–H and O–H groups in total. The minimum absolute atomic E-state index is 0.0454. The number of carboxylic acid groups (broad SMARTS) is 1. The Morgan fingerprint density at radius 3 is 2.65 bits per heavy atom. The second kappa shape index (κ2) is 11.5. The van der Waals surface area contributed by atoms with E-state index in [0.717, 1.165) is 31.6 Å².